The maximum atomic E-state index is 12.0. The van der Waals surface area contributed by atoms with Gasteiger partial charge in [0.25, 0.3) is 0 Å². The highest BCUT2D eigenvalue weighted by Gasteiger charge is 2.24. The molecule has 0 aliphatic heterocycles. The van der Waals surface area contributed by atoms with Gasteiger partial charge in [0.15, 0.2) is 0 Å². The van der Waals surface area contributed by atoms with E-state index in [2.05, 4.69) is 25.8 Å². The van der Waals surface area contributed by atoms with Gasteiger partial charge in [-0.25, -0.2) is 4.79 Å². The fraction of sp³-hybridized carbons (Fsp3) is 0.545. The van der Waals surface area contributed by atoms with Crippen molar-refractivity contribution in [2.24, 2.45) is 5.92 Å². The summed E-state index contributed by atoms with van der Waals surface area (Å²) in [6.07, 6.45) is 16.0. The zero-order valence-electron chi connectivity index (χ0n) is 16.1. The topological polar surface area (TPSA) is 63.6 Å². The summed E-state index contributed by atoms with van der Waals surface area (Å²) in [5.74, 6) is 1.22. The van der Waals surface area contributed by atoms with E-state index in [1.54, 1.807) is 0 Å². The van der Waals surface area contributed by atoms with E-state index in [0.717, 1.165) is 38.5 Å². The van der Waals surface area contributed by atoms with Crippen molar-refractivity contribution in [2.45, 2.75) is 72.1 Å². The number of carboxylic acids is 1. The number of rotatable bonds is 9. The lowest BCUT2D eigenvalue weighted by atomic mass is 9.86. The third-order valence-electron chi connectivity index (χ3n) is 4.50. The second-order valence-corrected chi connectivity index (χ2v) is 6.86. The average molecular weight is 358 g/mol. The predicted molar refractivity (Wildman–Crippen MR) is 103 cm³/mol. The predicted octanol–water partition coefficient (Wildman–Crippen LogP) is 5.16. The first-order valence-corrected chi connectivity index (χ1v) is 9.36. The van der Waals surface area contributed by atoms with Crippen molar-refractivity contribution in [2.75, 3.05) is 0 Å². The molecule has 0 amide bonds. The van der Waals surface area contributed by atoms with Crippen LogP contribution in [0.25, 0.3) is 0 Å². The molecule has 0 bridgehead atoms. The Morgan fingerprint density at radius 2 is 2.15 bits per heavy atom. The molecule has 0 heterocycles. The summed E-state index contributed by atoms with van der Waals surface area (Å²) in [5.41, 5.74) is 1.90. The molecule has 1 rings (SSSR count). The van der Waals surface area contributed by atoms with Gasteiger partial charge < -0.3 is 9.84 Å². The van der Waals surface area contributed by atoms with E-state index >= 15 is 0 Å². The zero-order valence-corrected chi connectivity index (χ0v) is 16.1. The van der Waals surface area contributed by atoms with Crippen LogP contribution in [0.4, 0.5) is 0 Å². The van der Waals surface area contributed by atoms with Gasteiger partial charge in [0.1, 0.15) is 11.3 Å². The van der Waals surface area contributed by atoms with E-state index in [1.807, 2.05) is 0 Å². The number of esters is 1. The van der Waals surface area contributed by atoms with Crippen LogP contribution in [0.15, 0.2) is 34.6 Å². The second kappa shape index (κ2) is 11.4. The third kappa shape index (κ3) is 7.31. The molecule has 1 unspecified atom stereocenters. The van der Waals surface area contributed by atoms with Gasteiger partial charge in [0.05, 0.1) is 0 Å². The molecule has 1 N–H and O–H groups in total. The van der Waals surface area contributed by atoms with Crippen LogP contribution in [-0.2, 0) is 14.3 Å². The number of carboxylic acid groups (broad SMARTS) is 1. The maximum Gasteiger partial charge on any atom is 0.339 e. The summed E-state index contributed by atoms with van der Waals surface area (Å²) in [6.45, 7) is 5.46. The van der Waals surface area contributed by atoms with E-state index in [4.69, 9.17) is 11.2 Å². The first-order chi connectivity index (χ1) is 12.4. The van der Waals surface area contributed by atoms with Gasteiger partial charge in [-0.2, -0.15) is 0 Å². The number of ether oxygens (including phenoxy) is 1. The third-order valence-corrected chi connectivity index (χ3v) is 4.50. The molecule has 142 valence electrons. The molecule has 4 nitrogen and oxygen atoms in total. The van der Waals surface area contributed by atoms with Gasteiger partial charge in [-0.15, -0.1) is 6.42 Å². The van der Waals surface area contributed by atoms with Crippen LogP contribution in [0.1, 0.15) is 72.1 Å². The highest BCUT2D eigenvalue weighted by atomic mass is 16.5. The molecular formula is C22H30O4. The fourth-order valence-corrected chi connectivity index (χ4v) is 3.35. The number of unbranched alkanes of at least 4 members (excludes halogenated alkanes) is 2. The Bertz CT molecular complexity index is 644. The highest BCUT2D eigenvalue weighted by molar-refractivity contribution is 5.93. The Hall–Kier alpha value is -2.28. The lowest BCUT2D eigenvalue weighted by molar-refractivity contribution is -0.137. The molecule has 0 aromatic rings. The summed E-state index contributed by atoms with van der Waals surface area (Å²) >= 11 is 0. The lowest BCUT2D eigenvalue weighted by Crippen LogP contribution is -2.15. The van der Waals surface area contributed by atoms with E-state index in [0.29, 0.717) is 18.4 Å². The van der Waals surface area contributed by atoms with E-state index in [-0.39, 0.29) is 17.3 Å². The molecule has 1 atom stereocenters. The monoisotopic (exact) mass is 358 g/mol. The summed E-state index contributed by atoms with van der Waals surface area (Å²) in [6, 6.07) is 0. The molecule has 0 aromatic carbocycles. The smallest absolute Gasteiger partial charge is 0.339 e. The minimum Gasteiger partial charge on any atom is -0.478 e. The van der Waals surface area contributed by atoms with Crippen LogP contribution >= 0.6 is 0 Å². The highest BCUT2D eigenvalue weighted by Crippen LogP contribution is 2.32. The molecule has 1 aliphatic carbocycles. The fourth-order valence-electron chi connectivity index (χ4n) is 3.35. The Labute approximate surface area is 157 Å². The number of hydrogen-bond donors (Lipinski definition) is 1. The van der Waals surface area contributed by atoms with Gasteiger partial charge in [-0.05, 0) is 56.6 Å². The van der Waals surface area contributed by atoms with E-state index in [1.165, 1.54) is 18.6 Å². The Morgan fingerprint density at radius 1 is 1.42 bits per heavy atom. The molecule has 0 aromatic heterocycles. The Balaban J connectivity index is 3.27. The quantitative estimate of drug-likeness (QED) is 0.118. The molecule has 0 spiro atoms. The van der Waals surface area contributed by atoms with Crippen molar-refractivity contribution >= 4 is 11.9 Å². The SMILES string of the molecule is C#C/C=C(CCCCC)\C(C(=O)O)=C(/CC1C=C(C)CCC1)OC(C)=O. The van der Waals surface area contributed by atoms with Crippen LogP contribution in [0, 0.1) is 18.3 Å². The summed E-state index contributed by atoms with van der Waals surface area (Å²) in [4.78, 5) is 23.6. The zero-order chi connectivity index (χ0) is 19.5. The van der Waals surface area contributed by atoms with Crippen LogP contribution in [0.5, 0.6) is 0 Å². The van der Waals surface area contributed by atoms with Crippen LogP contribution in [-0.4, -0.2) is 17.0 Å². The molecular weight excluding hydrogens is 328 g/mol. The molecule has 0 saturated heterocycles. The van der Waals surface area contributed by atoms with Crippen LogP contribution in [0.3, 0.4) is 0 Å². The number of carbonyl (C=O) groups is 2. The number of carbonyl (C=O) groups excluding carboxylic acids is 1. The normalized spacial score (nSPS) is 18.5. The van der Waals surface area contributed by atoms with Gasteiger partial charge in [0.2, 0.25) is 0 Å². The minimum atomic E-state index is -1.10. The second-order valence-electron chi connectivity index (χ2n) is 6.86. The molecule has 0 fully saturated rings. The number of terminal acetylenes is 1. The van der Waals surface area contributed by atoms with Gasteiger partial charge >= 0.3 is 11.9 Å². The first kappa shape index (κ1) is 21.8. The van der Waals surface area contributed by atoms with E-state index < -0.39 is 11.9 Å². The summed E-state index contributed by atoms with van der Waals surface area (Å²) < 4.78 is 5.37. The van der Waals surface area contributed by atoms with Crippen molar-refractivity contribution in [1.29, 1.82) is 0 Å². The van der Waals surface area contributed by atoms with Crippen molar-refractivity contribution < 1.29 is 19.4 Å². The molecule has 0 saturated carbocycles. The Morgan fingerprint density at radius 3 is 2.69 bits per heavy atom. The maximum absolute atomic E-state index is 12.0. The molecule has 0 radical (unpaired) electrons. The largest absolute Gasteiger partial charge is 0.478 e. The summed E-state index contributed by atoms with van der Waals surface area (Å²) in [5, 5.41) is 9.82. The minimum absolute atomic E-state index is 0.0471. The summed E-state index contributed by atoms with van der Waals surface area (Å²) in [7, 11) is 0. The van der Waals surface area contributed by atoms with Gasteiger partial charge in [-0.3, -0.25) is 4.79 Å². The van der Waals surface area contributed by atoms with Gasteiger partial charge in [-0.1, -0.05) is 37.3 Å². The Kier molecular flexibility index (Phi) is 9.51. The van der Waals surface area contributed by atoms with Crippen LogP contribution < -0.4 is 0 Å². The standard InChI is InChI=1S/C22H30O4/c1-5-7-8-13-19(10-6-2)21(22(24)25)20(26-17(4)23)15-18-12-9-11-16(3)14-18/h2,10,14,18H,5,7-9,11-13,15H2,1,3-4H3,(H,24,25)/b19-10-,21-20-. The lowest BCUT2D eigenvalue weighted by Gasteiger charge is -2.22. The van der Waals surface area contributed by atoms with Crippen molar-refractivity contribution in [1.82, 2.24) is 0 Å². The first-order valence-electron chi connectivity index (χ1n) is 9.36. The van der Waals surface area contributed by atoms with Crippen LogP contribution in [0.2, 0.25) is 0 Å². The van der Waals surface area contributed by atoms with Crippen molar-refractivity contribution in [3.63, 3.8) is 0 Å². The van der Waals surface area contributed by atoms with E-state index in [9.17, 15) is 14.7 Å². The van der Waals surface area contributed by atoms with Gasteiger partial charge in [0, 0.05) is 13.3 Å². The van der Waals surface area contributed by atoms with Crippen molar-refractivity contribution in [3.05, 3.63) is 34.6 Å². The molecule has 4 heteroatoms. The molecule has 1 aliphatic rings. The number of hydrogen-bond acceptors (Lipinski definition) is 3. The average Bonchev–Trinajstić information content (AvgIpc) is 2.54. The van der Waals surface area contributed by atoms with Crippen molar-refractivity contribution in [3.8, 4) is 12.3 Å². The molecule has 26 heavy (non-hydrogen) atoms. The number of aliphatic carboxylic acids is 1. The number of allylic oxidation sites excluding steroid dienone is 4.